The second-order valence-electron chi connectivity index (χ2n) is 5.03. The minimum absolute atomic E-state index is 0.257. The molecule has 0 aliphatic rings. The third-order valence-electron chi connectivity index (χ3n) is 2.62. The number of rotatable bonds is 6. The van der Waals surface area contributed by atoms with Crippen LogP contribution >= 0.6 is 11.8 Å². The lowest BCUT2D eigenvalue weighted by molar-refractivity contribution is -0.119. The first-order chi connectivity index (χ1) is 9.49. The van der Waals surface area contributed by atoms with Crippen LogP contribution in [0.4, 0.5) is 4.79 Å². The summed E-state index contributed by atoms with van der Waals surface area (Å²) in [6.07, 6.45) is 0. The molecule has 0 aromatic heterocycles. The van der Waals surface area contributed by atoms with E-state index in [1.807, 2.05) is 44.2 Å². The molecule has 0 bridgehead atoms. The second-order valence-corrected chi connectivity index (χ2v) is 6.36. The first-order valence-corrected chi connectivity index (χ1v) is 7.78. The number of amides is 3. The van der Waals surface area contributed by atoms with Gasteiger partial charge in [-0.1, -0.05) is 44.2 Å². The Hall–Kier alpha value is -1.49. The summed E-state index contributed by atoms with van der Waals surface area (Å²) in [7, 11) is 0. The molecular weight excluding hydrogens is 272 g/mol. The Morgan fingerprint density at radius 2 is 1.80 bits per heavy atom. The summed E-state index contributed by atoms with van der Waals surface area (Å²) < 4.78 is 0. The van der Waals surface area contributed by atoms with Crippen LogP contribution in [0.5, 0.6) is 0 Å². The van der Waals surface area contributed by atoms with Crippen LogP contribution in [-0.2, 0) is 10.5 Å². The zero-order valence-corrected chi connectivity index (χ0v) is 13.0. The molecule has 0 radical (unpaired) electrons. The van der Waals surface area contributed by atoms with Crippen LogP contribution < -0.4 is 10.6 Å². The number of thioether (sulfide) groups is 1. The smallest absolute Gasteiger partial charge is 0.321 e. The molecule has 1 aromatic rings. The molecule has 0 unspecified atom stereocenters. The number of hydrogen-bond donors (Lipinski definition) is 2. The molecule has 2 N–H and O–H groups in total. The Morgan fingerprint density at radius 1 is 1.15 bits per heavy atom. The molecule has 3 amide bonds. The molecule has 0 aliphatic heterocycles. The highest BCUT2D eigenvalue weighted by Gasteiger charge is 2.16. The summed E-state index contributed by atoms with van der Waals surface area (Å²) in [5.41, 5.74) is 1.17. The van der Waals surface area contributed by atoms with Gasteiger partial charge in [0.05, 0.1) is 5.25 Å². The number of carbonyl (C=O) groups is 2. The highest BCUT2D eigenvalue weighted by Crippen LogP contribution is 2.17. The summed E-state index contributed by atoms with van der Waals surface area (Å²) in [5.74, 6) is 0.858. The molecule has 20 heavy (non-hydrogen) atoms. The van der Waals surface area contributed by atoms with Gasteiger partial charge in [0, 0.05) is 12.3 Å². The van der Waals surface area contributed by atoms with E-state index in [0.717, 1.165) is 5.75 Å². The van der Waals surface area contributed by atoms with Crippen LogP contribution in [-0.4, -0.2) is 23.7 Å². The normalized spacial score (nSPS) is 12.0. The van der Waals surface area contributed by atoms with Crippen molar-refractivity contribution in [2.45, 2.75) is 31.8 Å². The highest BCUT2D eigenvalue weighted by molar-refractivity contribution is 7.99. The summed E-state index contributed by atoms with van der Waals surface area (Å²) >= 11 is 1.51. The molecule has 0 spiro atoms. The minimum atomic E-state index is -0.420. The number of carbonyl (C=O) groups excluding carboxylic acids is 2. The van der Waals surface area contributed by atoms with E-state index in [-0.39, 0.29) is 11.2 Å². The molecule has 0 aliphatic carbocycles. The quantitative estimate of drug-likeness (QED) is 0.848. The molecule has 1 rings (SSSR count). The van der Waals surface area contributed by atoms with E-state index in [1.165, 1.54) is 17.3 Å². The largest absolute Gasteiger partial charge is 0.338 e. The van der Waals surface area contributed by atoms with Gasteiger partial charge in [-0.2, -0.15) is 0 Å². The van der Waals surface area contributed by atoms with Crippen molar-refractivity contribution in [2.24, 2.45) is 5.92 Å². The predicted molar refractivity (Wildman–Crippen MR) is 83.6 cm³/mol. The van der Waals surface area contributed by atoms with E-state index < -0.39 is 6.03 Å². The van der Waals surface area contributed by atoms with Crippen molar-refractivity contribution in [3.63, 3.8) is 0 Å². The van der Waals surface area contributed by atoms with Gasteiger partial charge < -0.3 is 5.32 Å². The van der Waals surface area contributed by atoms with Gasteiger partial charge in [0.25, 0.3) is 0 Å². The summed E-state index contributed by atoms with van der Waals surface area (Å²) in [4.78, 5) is 23.3. The summed E-state index contributed by atoms with van der Waals surface area (Å²) in [6, 6.07) is 9.53. The molecule has 0 saturated carbocycles. The third-order valence-corrected chi connectivity index (χ3v) is 3.83. The number of nitrogens with one attached hydrogen (secondary N) is 2. The first kappa shape index (κ1) is 16.6. The Bertz CT molecular complexity index is 435. The van der Waals surface area contributed by atoms with Crippen LogP contribution in [0.25, 0.3) is 0 Å². The minimum Gasteiger partial charge on any atom is -0.338 e. The molecule has 1 atom stereocenters. The number of imide groups is 1. The molecule has 0 heterocycles. The van der Waals surface area contributed by atoms with Gasteiger partial charge in [0.1, 0.15) is 0 Å². The maximum Gasteiger partial charge on any atom is 0.321 e. The second kappa shape index (κ2) is 8.64. The van der Waals surface area contributed by atoms with E-state index >= 15 is 0 Å². The van der Waals surface area contributed by atoms with Crippen LogP contribution in [0.2, 0.25) is 0 Å². The van der Waals surface area contributed by atoms with Gasteiger partial charge in [0.15, 0.2) is 0 Å². The number of benzene rings is 1. The Balaban J connectivity index is 2.30. The average molecular weight is 294 g/mol. The molecule has 4 nitrogen and oxygen atoms in total. The molecule has 110 valence electrons. The Morgan fingerprint density at radius 3 is 2.40 bits per heavy atom. The standard InChI is InChI=1S/C15H22N2O2S/c1-11(2)9-16-15(19)17-14(18)12(3)20-10-13-7-5-4-6-8-13/h4-8,11-12H,9-10H2,1-3H3,(H2,16,17,18,19)/t12-/m0/s1. The molecule has 0 fully saturated rings. The first-order valence-electron chi connectivity index (χ1n) is 6.73. The zero-order chi connectivity index (χ0) is 15.0. The van der Waals surface area contributed by atoms with Crippen molar-refractivity contribution in [3.8, 4) is 0 Å². The summed E-state index contributed by atoms with van der Waals surface area (Å²) in [6.45, 7) is 6.37. The Kier molecular flexibility index (Phi) is 7.15. The van der Waals surface area contributed by atoms with Crippen LogP contribution in [0.3, 0.4) is 0 Å². The van der Waals surface area contributed by atoms with Gasteiger partial charge >= 0.3 is 6.03 Å². The maximum absolute atomic E-state index is 11.8. The zero-order valence-electron chi connectivity index (χ0n) is 12.2. The van der Waals surface area contributed by atoms with Crippen LogP contribution in [0.1, 0.15) is 26.3 Å². The van der Waals surface area contributed by atoms with Crippen molar-refractivity contribution in [2.75, 3.05) is 6.54 Å². The number of hydrogen-bond acceptors (Lipinski definition) is 3. The monoisotopic (exact) mass is 294 g/mol. The van der Waals surface area contributed by atoms with Crippen molar-refractivity contribution >= 4 is 23.7 Å². The molecular formula is C15H22N2O2S. The van der Waals surface area contributed by atoms with Gasteiger partial charge in [0.2, 0.25) is 5.91 Å². The van der Waals surface area contributed by atoms with Crippen molar-refractivity contribution in [1.29, 1.82) is 0 Å². The summed E-state index contributed by atoms with van der Waals surface area (Å²) in [5, 5.41) is 4.76. The lowest BCUT2D eigenvalue weighted by Gasteiger charge is -2.12. The van der Waals surface area contributed by atoms with Crippen LogP contribution in [0.15, 0.2) is 30.3 Å². The van der Waals surface area contributed by atoms with Crippen LogP contribution in [0, 0.1) is 5.92 Å². The van der Waals surface area contributed by atoms with E-state index in [0.29, 0.717) is 12.5 Å². The fraction of sp³-hybridized carbons (Fsp3) is 0.467. The maximum atomic E-state index is 11.8. The fourth-order valence-electron chi connectivity index (χ4n) is 1.43. The lowest BCUT2D eigenvalue weighted by Crippen LogP contribution is -2.43. The van der Waals surface area contributed by atoms with E-state index in [4.69, 9.17) is 0 Å². The topological polar surface area (TPSA) is 58.2 Å². The van der Waals surface area contributed by atoms with Crippen molar-refractivity contribution in [3.05, 3.63) is 35.9 Å². The van der Waals surface area contributed by atoms with Crippen molar-refractivity contribution in [1.82, 2.24) is 10.6 Å². The van der Waals surface area contributed by atoms with Gasteiger partial charge in [-0.05, 0) is 18.4 Å². The molecule has 1 aromatic carbocycles. The molecule has 5 heteroatoms. The average Bonchev–Trinajstić information content (AvgIpc) is 2.43. The van der Waals surface area contributed by atoms with Crippen molar-refractivity contribution < 1.29 is 9.59 Å². The van der Waals surface area contributed by atoms with Gasteiger partial charge in [-0.15, -0.1) is 11.8 Å². The fourth-order valence-corrected chi connectivity index (χ4v) is 2.27. The lowest BCUT2D eigenvalue weighted by atomic mass is 10.2. The highest BCUT2D eigenvalue weighted by atomic mass is 32.2. The SMILES string of the molecule is CC(C)CNC(=O)NC(=O)[C@H](C)SCc1ccccc1. The third kappa shape index (κ3) is 6.61. The molecule has 0 saturated heterocycles. The van der Waals surface area contributed by atoms with E-state index in [1.54, 1.807) is 6.92 Å². The van der Waals surface area contributed by atoms with E-state index in [2.05, 4.69) is 10.6 Å². The predicted octanol–water partition coefficient (Wildman–Crippen LogP) is 2.79. The van der Waals surface area contributed by atoms with Gasteiger partial charge in [-0.3, -0.25) is 10.1 Å². The number of urea groups is 1. The van der Waals surface area contributed by atoms with Gasteiger partial charge in [-0.25, -0.2) is 4.79 Å². The Labute approximate surface area is 124 Å². The van der Waals surface area contributed by atoms with E-state index in [9.17, 15) is 9.59 Å².